The van der Waals surface area contributed by atoms with E-state index in [2.05, 4.69) is 29.4 Å². The van der Waals surface area contributed by atoms with Crippen LogP contribution in [0.3, 0.4) is 0 Å². The number of aromatic amines is 1. The molecular formula is C22H25N3O3. The van der Waals surface area contributed by atoms with Crippen molar-refractivity contribution >= 4 is 11.6 Å². The van der Waals surface area contributed by atoms with Gasteiger partial charge in [-0.1, -0.05) is 19.9 Å². The van der Waals surface area contributed by atoms with E-state index < -0.39 is 0 Å². The monoisotopic (exact) mass is 379 g/mol. The summed E-state index contributed by atoms with van der Waals surface area (Å²) in [6, 6.07) is 14.7. The Labute approximate surface area is 164 Å². The number of rotatable bonds is 7. The first-order chi connectivity index (χ1) is 13.5. The lowest BCUT2D eigenvalue weighted by Gasteiger charge is -2.11. The average molecular weight is 379 g/mol. The average Bonchev–Trinajstić information content (AvgIpc) is 3.09. The maximum absolute atomic E-state index is 12.9. The van der Waals surface area contributed by atoms with Gasteiger partial charge in [-0.2, -0.15) is 5.10 Å². The fraction of sp³-hybridized carbons (Fsp3) is 0.273. The third kappa shape index (κ3) is 4.34. The number of carbonyl (C=O) groups excluding carboxylic acids is 1. The summed E-state index contributed by atoms with van der Waals surface area (Å²) < 4.78 is 10.4. The van der Waals surface area contributed by atoms with Crippen LogP contribution in [-0.4, -0.2) is 30.3 Å². The van der Waals surface area contributed by atoms with Crippen molar-refractivity contribution in [1.82, 2.24) is 10.2 Å². The first kappa shape index (κ1) is 19.5. The van der Waals surface area contributed by atoms with Crippen molar-refractivity contribution in [2.24, 2.45) is 5.92 Å². The highest BCUT2D eigenvalue weighted by Gasteiger charge is 2.19. The van der Waals surface area contributed by atoms with Gasteiger partial charge in [-0.3, -0.25) is 9.89 Å². The quantitative estimate of drug-likeness (QED) is 0.632. The van der Waals surface area contributed by atoms with E-state index >= 15 is 0 Å². The molecule has 146 valence electrons. The van der Waals surface area contributed by atoms with Crippen molar-refractivity contribution < 1.29 is 14.3 Å². The molecule has 2 aromatic carbocycles. The summed E-state index contributed by atoms with van der Waals surface area (Å²) in [5.41, 5.74) is 3.73. The van der Waals surface area contributed by atoms with E-state index in [-0.39, 0.29) is 5.91 Å². The minimum atomic E-state index is -0.208. The lowest BCUT2D eigenvalue weighted by atomic mass is 10.0. The summed E-state index contributed by atoms with van der Waals surface area (Å²) in [7, 11) is 3.21. The molecule has 0 bridgehead atoms. The van der Waals surface area contributed by atoms with Crippen molar-refractivity contribution in [3.8, 4) is 22.8 Å². The number of benzene rings is 2. The molecule has 0 fully saturated rings. The largest absolute Gasteiger partial charge is 0.497 e. The van der Waals surface area contributed by atoms with E-state index in [0.29, 0.717) is 28.6 Å². The van der Waals surface area contributed by atoms with Crippen molar-refractivity contribution in [2.75, 3.05) is 19.5 Å². The van der Waals surface area contributed by atoms with E-state index in [1.54, 1.807) is 32.4 Å². The highest BCUT2D eigenvalue weighted by molar-refractivity contribution is 6.06. The number of nitrogens with one attached hydrogen (secondary N) is 2. The second kappa shape index (κ2) is 8.61. The van der Waals surface area contributed by atoms with Crippen molar-refractivity contribution in [1.29, 1.82) is 0 Å². The predicted molar refractivity (Wildman–Crippen MR) is 110 cm³/mol. The molecule has 1 heterocycles. The van der Waals surface area contributed by atoms with E-state index in [4.69, 9.17) is 9.47 Å². The summed E-state index contributed by atoms with van der Waals surface area (Å²) in [6.45, 7) is 4.25. The molecular weight excluding hydrogens is 354 g/mol. The van der Waals surface area contributed by atoms with Crippen LogP contribution in [0.2, 0.25) is 0 Å². The Morgan fingerprint density at radius 3 is 2.43 bits per heavy atom. The summed E-state index contributed by atoms with van der Waals surface area (Å²) in [5, 5.41) is 10.6. The molecule has 0 unspecified atom stereocenters. The van der Waals surface area contributed by atoms with E-state index in [1.165, 1.54) is 0 Å². The Balaban J connectivity index is 1.96. The molecule has 0 atom stereocenters. The third-order valence-electron chi connectivity index (χ3n) is 4.39. The zero-order valence-corrected chi connectivity index (χ0v) is 16.6. The molecule has 0 aliphatic rings. The number of H-pyrrole nitrogens is 1. The van der Waals surface area contributed by atoms with Crippen molar-refractivity contribution in [2.45, 2.75) is 20.3 Å². The SMILES string of the molecule is COc1ccc(-c2n[nH]c(CC(C)C)c2NC(=O)c2cccc(OC)c2)cc1. The van der Waals surface area contributed by atoms with Gasteiger partial charge < -0.3 is 14.8 Å². The summed E-state index contributed by atoms with van der Waals surface area (Å²) in [4.78, 5) is 12.9. The van der Waals surface area contributed by atoms with Gasteiger partial charge >= 0.3 is 0 Å². The van der Waals surface area contributed by atoms with Crippen molar-refractivity contribution in [3.05, 3.63) is 59.8 Å². The van der Waals surface area contributed by atoms with Crippen LogP contribution < -0.4 is 14.8 Å². The second-order valence-electron chi connectivity index (χ2n) is 6.94. The topological polar surface area (TPSA) is 76.2 Å². The number of hydrogen-bond acceptors (Lipinski definition) is 4. The lowest BCUT2D eigenvalue weighted by molar-refractivity contribution is 0.102. The van der Waals surface area contributed by atoms with Gasteiger partial charge in [0.2, 0.25) is 0 Å². The van der Waals surface area contributed by atoms with Gasteiger partial charge in [0, 0.05) is 11.1 Å². The van der Waals surface area contributed by atoms with E-state index in [0.717, 1.165) is 23.4 Å². The highest BCUT2D eigenvalue weighted by atomic mass is 16.5. The minimum Gasteiger partial charge on any atom is -0.497 e. The first-order valence-corrected chi connectivity index (χ1v) is 9.19. The maximum atomic E-state index is 12.9. The molecule has 3 rings (SSSR count). The van der Waals surface area contributed by atoms with Gasteiger partial charge in [0.05, 0.1) is 25.6 Å². The number of hydrogen-bond donors (Lipinski definition) is 2. The van der Waals surface area contributed by atoms with Crippen LogP contribution in [0.5, 0.6) is 11.5 Å². The number of amides is 1. The number of ether oxygens (including phenoxy) is 2. The van der Waals surface area contributed by atoms with Gasteiger partial charge in [-0.25, -0.2) is 0 Å². The molecule has 6 heteroatoms. The highest BCUT2D eigenvalue weighted by Crippen LogP contribution is 2.32. The number of aromatic nitrogens is 2. The third-order valence-corrected chi connectivity index (χ3v) is 4.39. The standard InChI is InChI=1S/C22H25N3O3/c1-14(2)12-19-21(23-22(26)16-6-5-7-18(13-16)28-4)20(25-24-19)15-8-10-17(27-3)11-9-15/h5-11,13-14H,12H2,1-4H3,(H,23,26)(H,24,25). The first-order valence-electron chi connectivity index (χ1n) is 9.19. The van der Waals surface area contributed by atoms with E-state index in [1.807, 2.05) is 30.3 Å². The Kier molecular flexibility index (Phi) is 5.99. The normalized spacial score (nSPS) is 10.8. The fourth-order valence-corrected chi connectivity index (χ4v) is 2.98. The smallest absolute Gasteiger partial charge is 0.255 e. The van der Waals surface area contributed by atoms with Gasteiger partial charge in [-0.05, 0) is 54.8 Å². The van der Waals surface area contributed by atoms with Crippen LogP contribution >= 0.6 is 0 Å². The number of anilines is 1. The number of nitrogens with zero attached hydrogens (tertiary/aromatic N) is 1. The Bertz CT molecular complexity index is 946. The summed E-state index contributed by atoms with van der Waals surface area (Å²) in [5.74, 6) is 1.61. The minimum absolute atomic E-state index is 0.208. The molecule has 2 N–H and O–H groups in total. The Morgan fingerprint density at radius 2 is 1.79 bits per heavy atom. The Morgan fingerprint density at radius 1 is 1.07 bits per heavy atom. The van der Waals surface area contributed by atoms with Crippen molar-refractivity contribution in [3.63, 3.8) is 0 Å². The molecule has 28 heavy (non-hydrogen) atoms. The van der Waals surface area contributed by atoms with Crippen LogP contribution in [0.15, 0.2) is 48.5 Å². The Hall–Kier alpha value is -3.28. The molecule has 6 nitrogen and oxygen atoms in total. The van der Waals surface area contributed by atoms with Crippen LogP contribution in [0.25, 0.3) is 11.3 Å². The molecule has 0 aliphatic carbocycles. The molecule has 0 saturated carbocycles. The lowest BCUT2D eigenvalue weighted by Crippen LogP contribution is -2.14. The maximum Gasteiger partial charge on any atom is 0.255 e. The summed E-state index contributed by atoms with van der Waals surface area (Å²) in [6.07, 6.45) is 0.775. The zero-order chi connectivity index (χ0) is 20.1. The second-order valence-corrected chi connectivity index (χ2v) is 6.94. The van der Waals surface area contributed by atoms with Crippen LogP contribution in [0, 0.1) is 5.92 Å². The summed E-state index contributed by atoms with van der Waals surface area (Å²) >= 11 is 0. The van der Waals surface area contributed by atoms with E-state index in [9.17, 15) is 4.79 Å². The van der Waals surface area contributed by atoms with Crippen LogP contribution in [-0.2, 0) is 6.42 Å². The molecule has 0 spiro atoms. The van der Waals surface area contributed by atoms with Gasteiger partial charge in [0.1, 0.15) is 17.2 Å². The zero-order valence-electron chi connectivity index (χ0n) is 16.6. The van der Waals surface area contributed by atoms with Crippen LogP contribution in [0.4, 0.5) is 5.69 Å². The molecule has 0 saturated heterocycles. The molecule has 3 aromatic rings. The van der Waals surface area contributed by atoms with Gasteiger partial charge in [-0.15, -0.1) is 0 Å². The van der Waals surface area contributed by atoms with Gasteiger partial charge in [0.15, 0.2) is 0 Å². The predicted octanol–water partition coefficient (Wildman–Crippen LogP) is 4.54. The number of carbonyl (C=O) groups is 1. The van der Waals surface area contributed by atoms with Crippen LogP contribution in [0.1, 0.15) is 29.9 Å². The fourth-order valence-electron chi connectivity index (χ4n) is 2.98. The molecule has 1 aromatic heterocycles. The molecule has 0 radical (unpaired) electrons. The number of methoxy groups -OCH3 is 2. The molecule has 0 aliphatic heterocycles. The molecule has 1 amide bonds. The van der Waals surface area contributed by atoms with Gasteiger partial charge in [0.25, 0.3) is 5.91 Å².